The number of hydrogen-bond donors (Lipinski definition) is 0. The molecule has 0 aliphatic carbocycles. The van der Waals surface area contributed by atoms with Crippen molar-refractivity contribution in [3.8, 4) is 20.9 Å². The fourth-order valence-corrected chi connectivity index (χ4v) is 5.21. The molecule has 0 saturated carbocycles. The molecule has 22 heavy (non-hydrogen) atoms. The summed E-state index contributed by atoms with van der Waals surface area (Å²) in [5.74, 6) is 0. The van der Waals surface area contributed by atoms with E-state index < -0.39 is 0 Å². The first-order valence-electron chi connectivity index (χ1n) is 7.16. The summed E-state index contributed by atoms with van der Waals surface area (Å²) in [6.07, 6.45) is 1.00. The Morgan fingerprint density at radius 3 is 2.05 bits per heavy atom. The van der Waals surface area contributed by atoms with E-state index in [-0.39, 0.29) is 0 Å². The molecule has 2 nitrogen and oxygen atoms in total. The van der Waals surface area contributed by atoms with Gasteiger partial charge in [0.25, 0.3) is 0 Å². The van der Waals surface area contributed by atoms with Crippen LogP contribution in [0.3, 0.4) is 0 Å². The van der Waals surface area contributed by atoms with E-state index in [9.17, 15) is 0 Å². The van der Waals surface area contributed by atoms with Gasteiger partial charge in [-0.3, -0.25) is 0 Å². The molecule has 0 radical (unpaired) electrons. The average Bonchev–Trinajstić information content (AvgIpc) is 3.27. The lowest BCUT2D eigenvalue weighted by atomic mass is 9.91. The second-order valence-electron chi connectivity index (χ2n) is 5.12. The van der Waals surface area contributed by atoms with E-state index in [0.29, 0.717) is 0 Å². The first kappa shape index (κ1) is 14.1. The third-order valence-electron chi connectivity index (χ3n) is 3.98. The van der Waals surface area contributed by atoms with Gasteiger partial charge in [-0.05, 0) is 47.4 Å². The first-order valence-corrected chi connectivity index (χ1v) is 9.65. The van der Waals surface area contributed by atoms with E-state index in [4.69, 9.17) is 0 Å². The minimum atomic E-state index is 1.00. The van der Waals surface area contributed by atoms with Crippen LogP contribution in [0.1, 0.15) is 18.1 Å². The van der Waals surface area contributed by atoms with Crippen LogP contribution >= 0.6 is 34.4 Å². The molecule has 5 heteroatoms. The third-order valence-corrected chi connectivity index (χ3v) is 6.28. The van der Waals surface area contributed by atoms with Crippen LogP contribution < -0.4 is 0 Å². The van der Waals surface area contributed by atoms with Crippen molar-refractivity contribution < 1.29 is 0 Å². The van der Waals surface area contributed by atoms with E-state index in [2.05, 4.69) is 57.6 Å². The van der Waals surface area contributed by atoms with Crippen molar-refractivity contribution in [3.63, 3.8) is 0 Å². The Labute approximate surface area is 141 Å². The highest BCUT2D eigenvalue weighted by Crippen LogP contribution is 2.43. The lowest BCUT2D eigenvalue weighted by Crippen LogP contribution is -1.96. The van der Waals surface area contributed by atoms with E-state index >= 15 is 0 Å². The van der Waals surface area contributed by atoms with Gasteiger partial charge in [0, 0.05) is 20.9 Å². The summed E-state index contributed by atoms with van der Waals surface area (Å²) in [4.78, 5) is 2.57. The van der Waals surface area contributed by atoms with Gasteiger partial charge in [-0.2, -0.15) is 8.75 Å². The number of nitrogens with zero attached hydrogens (tertiary/aromatic N) is 2. The highest BCUT2D eigenvalue weighted by Gasteiger charge is 2.21. The van der Waals surface area contributed by atoms with Crippen LogP contribution in [0, 0.1) is 6.92 Å². The van der Waals surface area contributed by atoms with E-state index in [0.717, 1.165) is 17.5 Å². The van der Waals surface area contributed by atoms with Gasteiger partial charge in [0.1, 0.15) is 11.0 Å². The highest BCUT2D eigenvalue weighted by molar-refractivity contribution is 7.14. The van der Waals surface area contributed by atoms with Gasteiger partial charge in [-0.15, -0.1) is 22.7 Å². The van der Waals surface area contributed by atoms with Crippen molar-refractivity contribution in [3.05, 3.63) is 46.2 Å². The maximum atomic E-state index is 4.64. The molecule has 3 aromatic heterocycles. The third kappa shape index (κ3) is 2.04. The summed E-state index contributed by atoms with van der Waals surface area (Å²) in [5.41, 5.74) is 7.37. The number of benzene rings is 1. The maximum absolute atomic E-state index is 4.64. The number of fused-ring (bicyclic) bond motifs is 1. The minimum absolute atomic E-state index is 1.00. The monoisotopic (exact) mass is 342 g/mol. The van der Waals surface area contributed by atoms with Gasteiger partial charge in [0.15, 0.2) is 0 Å². The van der Waals surface area contributed by atoms with Gasteiger partial charge < -0.3 is 0 Å². The van der Waals surface area contributed by atoms with Crippen molar-refractivity contribution >= 4 is 45.4 Å². The molecule has 110 valence electrons. The molecule has 0 bridgehead atoms. The van der Waals surface area contributed by atoms with Gasteiger partial charge in [0.2, 0.25) is 0 Å². The number of aromatic nitrogens is 2. The predicted molar refractivity (Wildman–Crippen MR) is 98.2 cm³/mol. The lowest BCUT2D eigenvalue weighted by molar-refractivity contribution is 1.12. The molecular formula is C17H14N2S3. The second-order valence-corrected chi connectivity index (χ2v) is 7.55. The molecule has 0 unspecified atom stereocenters. The van der Waals surface area contributed by atoms with Crippen LogP contribution in [0.4, 0.5) is 0 Å². The van der Waals surface area contributed by atoms with Crippen molar-refractivity contribution in [2.75, 3.05) is 0 Å². The first-order chi connectivity index (χ1) is 10.8. The number of thiophene rings is 2. The topological polar surface area (TPSA) is 25.8 Å². The van der Waals surface area contributed by atoms with Crippen LogP contribution in [0.25, 0.3) is 31.9 Å². The van der Waals surface area contributed by atoms with Crippen LogP contribution in [0.2, 0.25) is 0 Å². The van der Waals surface area contributed by atoms with Gasteiger partial charge in [0.05, 0.1) is 11.7 Å². The summed E-state index contributed by atoms with van der Waals surface area (Å²) in [6, 6.07) is 8.57. The molecule has 0 atom stereocenters. The molecule has 4 aromatic rings. The SMILES string of the molecule is CCc1c(C)c(-c2cccs2)c2nsnc2c1-c1cccs1. The van der Waals surface area contributed by atoms with Crippen LogP contribution in [0.15, 0.2) is 35.0 Å². The zero-order valence-corrected chi connectivity index (χ0v) is 14.7. The standard InChI is InChI=1S/C17H14N2S3/c1-3-11-10(2)14(12-6-4-8-20-12)16-17(19-22-18-16)15(11)13-7-5-9-21-13/h4-9H,3H2,1-2H3. The van der Waals surface area contributed by atoms with Crippen molar-refractivity contribution in [1.82, 2.24) is 8.75 Å². The van der Waals surface area contributed by atoms with Crippen molar-refractivity contribution in [2.24, 2.45) is 0 Å². The zero-order valence-electron chi connectivity index (χ0n) is 12.3. The van der Waals surface area contributed by atoms with Crippen LogP contribution in [-0.4, -0.2) is 8.75 Å². The molecule has 0 aliphatic rings. The molecule has 0 amide bonds. The molecule has 4 rings (SSSR count). The summed E-state index contributed by atoms with van der Waals surface area (Å²) >= 11 is 4.86. The zero-order chi connectivity index (χ0) is 15.1. The summed E-state index contributed by atoms with van der Waals surface area (Å²) in [6.45, 7) is 4.45. The fraction of sp³-hybridized carbons (Fsp3) is 0.176. The summed E-state index contributed by atoms with van der Waals surface area (Å²) < 4.78 is 9.26. The maximum Gasteiger partial charge on any atom is 0.114 e. The Morgan fingerprint density at radius 2 is 1.50 bits per heavy atom. The second kappa shape index (κ2) is 5.57. The molecule has 0 saturated heterocycles. The largest absolute Gasteiger partial charge is 0.172 e. The highest BCUT2D eigenvalue weighted by atomic mass is 32.1. The fourth-order valence-electron chi connectivity index (χ4n) is 3.03. The quantitative estimate of drug-likeness (QED) is 0.455. The number of rotatable bonds is 3. The Morgan fingerprint density at radius 1 is 0.909 bits per heavy atom. The van der Waals surface area contributed by atoms with Crippen molar-refractivity contribution in [2.45, 2.75) is 20.3 Å². The van der Waals surface area contributed by atoms with Gasteiger partial charge in [-0.25, -0.2) is 0 Å². The van der Waals surface area contributed by atoms with E-state index in [1.807, 2.05) is 0 Å². The molecule has 0 aliphatic heterocycles. The normalized spacial score (nSPS) is 11.4. The predicted octanol–water partition coefficient (Wildman–Crippen LogP) is 6.02. The van der Waals surface area contributed by atoms with Crippen molar-refractivity contribution in [1.29, 1.82) is 0 Å². The Balaban J connectivity index is 2.15. The summed E-state index contributed by atoms with van der Waals surface area (Å²) in [7, 11) is 0. The summed E-state index contributed by atoms with van der Waals surface area (Å²) in [5, 5.41) is 4.25. The Hall–Kier alpha value is -1.56. The molecule has 0 fully saturated rings. The minimum Gasteiger partial charge on any atom is -0.172 e. The van der Waals surface area contributed by atoms with Crippen LogP contribution in [-0.2, 0) is 6.42 Å². The Kier molecular flexibility index (Phi) is 3.56. The number of hydrogen-bond acceptors (Lipinski definition) is 5. The lowest BCUT2D eigenvalue weighted by Gasteiger charge is -2.15. The van der Waals surface area contributed by atoms with Gasteiger partial charge in [-0.1, -0.05) is 19.1 Å². The molecule has 1 aromatic carbocycles. The average molecular weight is 343 g/mol. The molecule has 0 N–H and O–H groups in total. The smallest absolute Gasteiger partial charge is 0.114 e. The Bertz CT molecular complexity index is 919. The van der Waals surface area contributed by atoms with Gasteiger partial charge >= 0.3 is 0 Å². The van der Waals surface area contributed by atoms with E-state index in [1.54, 1.807) is 22.7 Å². The molecule has 0 spiro atoms. The molecular weight excluding hydrogens is 328 g/mol. The van der Waals surface area contributed by atoms with Crippen LogP contribution in [0.5, 0.6) is 0 Å². The molecule has 3 heterocycles. The van der Waals surface area contributed by atoms with E-state index in [1.165, 1.54) is 43.7 Å².